The van der Waals surface area contributed by atoms with Crippen LogP contribution in [0, 0.1) is 0 Å². The van der Waals surface area contributed by atoms with Gasteiger partial charge in [0.25, 0.3) is 0 Å². The van der Waals surface area contributed by atoms with Gasteiger partial charge in [0.2, 0.25) is 0 Å². The first-order valence-corrected chi connectivity index (χ1v) is 9.41. The fourth-order valence-electron chi connectivity index (χ4n) is 3.11. The van der Waals surface area contributed by atoms with Crippen molar-refractivity contribution >= 4 is 10.8 Å². The molecule has 112 valence electrons. The molecule has 4 unspecified atom stereocenters. The largest absolute Gasteiger partial charge is 0.313 e. The molecule has 0 aliphatic heterocycles. The lowest BCUT2D eigenvalue weighted by Crippen LogP contribution is -2.38. The summed E-state index contributed by atoms with van der Waals surface area (Å²) >= 11 is 0. The fourth-order valence-corrected chi connectivity index (χ4v) is 3.56. The van der Waals surface area contributed by atoms with Crippen molar-refractivity contribution in [2.45, 2.75) is 56.2 Å². The van der Waals surface area contributed by atoms with Gasteiger partial charge in [-0.15, -0.1) is 0 Å². The molecular weight excluding hydrogens is 266 g/mol. The SMILES string of the molecule is CC(CCNC1CCCCC1c1ccccc1)S(C)=O. The Hall–Kier alpha value is -0.670. The van der Waals surface area contributed by atoms with E-state index >= 15 is 0 Å². The smallest absolute Gasteiger partial charge is 0.0329 e. The van der Waals surface area contributed by atoms with Gasteiger partial charge < -0.3 is 5.32 Å². The normalized spacial score (nSPS) is 26.1. The Labute approximate surface area is 125 Å². The first-order chi connectivity index (χ1) is 9.68. The monoisotopic (exact) mass is 293 g/mol. The number of hydrogen-bond donors (Lipinski definition) is 1. The van der Waals surface area contributed by atoms with Crippen molar-refractivity contribution in [2.24, 2.45) is 0 Å². The fraction of sp³-hybridized carbons (Fsp3) is 0.647. The van der Waals surface area contributed by atoms with Crippen molar-refractivity contribution in [3.8, 4) is 0 Å². The molecule has 0 heterocycles. The van der Waals surface area contributed by atoms with E-state index in [-0.39, 0.29) is 0 Å². The Morgan fingerprint density at radius 3 is 2.65 bits per heavy atom. The van der Waals surface area contributed by atoms with Crippen molar-refractivity contribution in [3.05, 3.63) is 35.9 Å². The molecule has 20 heavy (non-hydrogen) atoms. The van der Waals surface area contributed by atoms with Gasteiger partial charge in [-0.25, -0.2) is 0 Å². The molecule has 1 aromatic rings. The predicted octanol–water partition coefficient (Wildman–Crippen LogP) is 3.46. The highest BCUT2D eigenvalue weighted by molar-refractivity contribution is 7.84. The number of nitrogens with one attached hydrogen (secondary N) is 1. The first kappa shape index (κ1) is 15.7. The van der Waals surface area contributed by atoms with Crippen LogP contribution in [0.3, 0.4) is 0 Å². The van der Waals surface area contributed by atoms with Crippen LogP contribution < -0.4 is 5.32 Å². The van der Waals surface area contributed by atoms with E-state index in [4.69, 9.17) is 0 Å². The molecule has 1 aliphatic carbocycles. The van der Waals surface area contributed by atoms with Crippen LogP contribution in [0.15, 0.2) is 30.3 Å². The van der Waals surface area contributed by atoms with E-state index in [1.807, 2.05) is 0 Å². The summed E-state index contributed by atoms with van der Waals surface area (Å²) in [5, 5.41) is 4.01. The summed E-state index contributed by atoms with van der Waals surface area (Å²) in [7, 11) is -0.701. The molecule has 1 saturated carbocycles. The summed E-state index contributed by atoms with van der Waals surface area (Å²) in [4.78, 5) is 0. The molecule has 2 nitrogen and oxygen atoms in total. The average molecular weight is 293 g/mol. The van der Waals surface area contributed by atoms with Crippen LogP contribution in [-0.4, -0.2) is 28.3 Å². The molecule has 0 amide bonds. The van der Waals surface area contributed by atoms with Gasteiger partial charge in [0.1, 0.15) is 0 Å². The second kappa shape index (κ2) is 7.94. The molecule has 1 aromatic carbocycles. The summed E-state index contributed by atoms with van der Waals surface area (Å²) < 4.78 is 11.4. The topological polar surface area (TPSA) is 29.1 Å². The molecule has 1 fully saturated rings. The van der Waals surface area contributed by atoms with Crippen LogP contribution in [0.4, 0.5) is 0 Å². The van der Waals surface area contributed by atoms with E-state index in [0.717, 1.165) is 13.0 Å². The molecule has 0 aromatic heterocycles. The molecule has 0 bridgehead atoms. The quantitative estimate of drug-likeness (QED) is 0.870. The molecule has 1 N–H and O–H groups in total. The maximum Gasteiger partial charge on any atom is 0.0329 e. The standard InChI is InChI=1S/C17H27NOS/c1-14(20(2)19)12-13-18-17-11-7-6-10-16(17)15-8-4-3-5-9-15/h3-5,8-9,14,16-18H,6-7,10-13H2,1-2H3. The Balaban J connectivity index is 1.89. The van der Waals surface area contributed by atoms with Gasteiger partial charge in [0, 0.05) is 28.3 Å². The molecule has 1 aliphatic rings. The average Bonchev–Trinajstić information content (AvgIpc) is 2.48. The number of rotatable bonds is 6. The third-order valence-electron chi connectivity index (χ3n) is 4.52. The Morgan fingerprint density at radius 2 is 1.95 bits per heavy atom. The third kappa shape index (κ3) is 4.42. The van der Waals surface area contributed by atoms with Crippen molar-refractivity contribution < 1.29 is 4.21 Å². The van der Waals surface area contributed by atoms with Gasteiger partial charge in [-0.05, 0) is 37.3 Å². The lowest BCUT2D eigenvalue weighted by atomic mass is 9.80. The Kier molecular flexibility index (Phi) is 6.24. The number of benzene rings is 1. The zero-order chi connectivity index (χ0) is 14.4. The highest BCUT2D eigenvalue weighted by Crippen LogP contribution is 2.32. The van der Waals surface area contributed by atoms with Crippen LogP contribution in [-0.2, 0) is 10.8 Å². The van der Waals surface area contributed by atoms with Crippen molar-refractivity contribution in [3.63, 3.8) is 0 Å². The molecule has 0 spiro atoms. The minimum absolute atomic E-state index is 0.293. The van der Waals surface area contributed by atoms with Crippen LogP contribution in [0.25, 0.3) is 0 Å². The van der Waals surface area contributed by atoms with Gasteiger partial charge in [0.15, 0.2) is 0 Å². The van der Waals surface area contributed by atoms with E-state index in [1.54, 1.807) is 6.26 Å². The zero-order valence-electron chi connectivity index (χ0n) is 12.7. The van der Waals surface area contributed by atoms with Gasteiger partial charge in [-0.3, -0.25) is 4.21 Å². The second-order valence-electron chi connectivity index (χ2n) is 5.96. The third-order valence-corrected chi connectivity index (χ3v) is 5.89. The van der Waals surface area contributed by atoms with Crippen LogP contribution in [0.2, 0.25) is 0 Å². The summed E-state index contributed by atoms with van der Waals surface area (Å²) in [6.45, 7) is 3.06. The first-order valence-electron chi connectivity index (χ1n) is 7.79. The lowest BCUT2D eigenvalue weighted by molar-refractivity contribution is 0.327. The molecule has 2 rings (SSSR count). The van der Waals surface area contributed by atoms with Gasteiger partial charge in [-0.1, -0.05) is 50.1 Å². The van der Waals surface area contributed by atoms with Gasteiger partial charge in [-0.2, -0.15) is 0 Å². The minimum Gasteiger partial charge on any atom is -0.313 e. The maximum atomic E-state index is 11.4. The van der Waals surface area contributed by atoms with Crippen molar-refractivity contribution in [1.29, 1.82) is 0 Å². The van der Waals surface area contributed by atoms with E-state index in [1.165, 1.54) is 31.2 Å². The Bertz CT molecular complexity index is 420. The van der Waals surface area contributed by atoms with Gasteiger partial charge in [0.05, 0.1) is 0 Å². The Morgan fingerprint density at radius 1 is 1.25 bits per heavy atom. The van der Waals surface area contributed by atoms with E-state index in [9.17, 15) is 4.21 Å². The van der Waals surface area contributed by atoms with Gasteiger partial charge >= 0.3 is 0 Å². The summed E-state index contributed by atoms with van der Waals surface area (Å²) in [6, 6.07) is 11.5. The zero-order valence-corrected chi connectivity index (χ0v) is 13.5. The molecule has 0 radical (unpaired) electrons. The van der Waals surface area contributed by atoms with Crippen LogP contribution >= 0.6 is 0 Å². The highest BCUT2D eigenvalue weighted by atomic mass is 32.2. The maximum absolute atomic E-state index is 11.4. The highest BCUT2D eigenvalue weighted by Gasteiger charge is 2.25. The molecular formula is C17H27NOS. The lowest BCUT2D eigenvalue weighted by Gasteiger charge is -2.33. The molecule has 0 saturated heterocycles. The second-order valence-corrected chi connectivity index (χ2v) is 7.76. The van der Waals surface area contributed by atoms with Crippen molar-refractivity contribution in [2.75, 3.05) is 12.8 Å². The van der Waals surface area contributed by atoms with E-state index in [2.05, 4.69) is 42.6 Å². The van der Waals surface area contributed by atoms with E-state index in [0.29, 0.717) is 17.2 Å². The summed E-state index contributed by atoms with van der Waals surface area (Å²) in [5.41, 5.74) is 1.47. The van der Waals surface area contributed by atoms with E-state index < -0.39 is 10.8 Å². The molecule has 4 atom stereocenters. The predicted molar refractivity (Wildman–Crippen MR) is 87.6 cm³/mol. The number of hydrogen-bond acceptors (Lipinski definition) is 2. The van der Waals surface area contributed by atoms with Crippen LogP contribution in [0.5, 0.6) is 0 Å². The molecule has 3 heteroatoms. The van der Waals surface area contributed by atoms with Crippen molar-refractivity contribution in [1.82, 2.24) is 5.32 Å². The van der Waals surface area contributed by atoms with Crippen LogP contribution in [0.1, 0.15) is 50.5 Å². The summed E-state index contributed by atoms with van der Waals surface area (Å²) in [6.07, 6.45) is 8.03. The minimum atomic E-state index is -0.701. The summed E-state index contributed by atoms with van der Waals surface area (Å²) in [5.74, 6) is 0.646.